The van der Waals surface area contributed by atoms with E-state index in [0.717, 1.165) is 10.2 Å². The first-order valence-corrected chi connectivity index (χ1v) is 4.27. The third kappa shape index (κ3) is 1.25. The summed E-state index contributed by atoms with van der Waals surface area (Å²) in [6.45, 7) is 0. The van der Waals surface area contributed by atoms with E-state index in [4.69, 9.17) is 0 Å². The molecule has 0 aromatic carbocycles. The minimum atomic E-state index is 0.939. The number of aromatic nitrogens is 3. The molecule has 0 fully saturated rings. The van der Waals surface area contributed by atoms with Crippen LogP contribution in [-0.4, -0.2) is 14.8 Å². The van der Waals surface area contributed by atoms with E-state index >= 15 is 0 Å². The van der Waals surface area contributed by atoms with Crippen LogP contribution in [0.25, 0.3) is 5.69 Å². The molecule has 2 heterocycles. The van der Waals surface area contributed by atoms with E-state index in [9.17, 15) is 0 Å². The molecule has 2 rings (SSSR count). The van der Waals surface area contributed by atoms with Gasteiger partial charge in [0.05, 0.1) is 10.2 Å². The molecule has 0 unspecified atom stereocenters. The minimum Gasteiger partial charge on any atom is -0.263 e. The number of rotatable bonds is 1. The Morgan fingerprint density at radius 2 is 2.25 bits per heavy atom. The van der Waals surface area contributed by atoms with Crippen molar-refractivity contribution < 1.29 is 0 Å². The summed E-state index contributed by atoms with van der Waals surface area (Å²) in [5.41, 5.74) is 0.995. The van der Waals surface area contributed by atoms with Gasteiger partial charge in [0.25, 0.3) is 0 Å². The molecule has 0 atom stereocenters. The van der Waals surface area contributed by atoms with Crippen LogP contribution in [0.4, 0.5) is 0 Å². The van der Waals surface area contributed by atoms with E-state index in [2.05, 4.69) is 26.0 Å². The predicted octanol–water partition coefficient (Wildman–Crippen LogP) is 2.03. The second-order valence-electron chi connectivity index (χ2n) is 2.28. The lowest BCUT2D eigenvalue weighted by Crippen LogP contribution is -1.95. The molecule has 0 aliphatic carbocycles. The number of nitrogens with zero attached hydrogens (tertiary/aromatic N) is 3. The summed E-state index contributed by atoms with van der Waals surface area (Å²) < 4.78 is 2.72. The molecule has 0 saturated heterocycles. The molecular weight excluding hydrogens is 218 g/mol. The fourth-order valence-corrected chi connectivity index (χ4v) is 1.40. The smallest absolute Gasteiger partial charge is 0.0818 e. The Morgan fingerprint density at radius 1 is 1.33 bits per heavy atom. The van der Waals surface area contributed by atoms with Crippen LogP contribution in [0.5, 0.6) is 0 Å². The molecular formula is C8H6BrN3. The molecule has 0 aliphatic rings. The predicted molar refractivity (Wildman–Crippen MR) is 49.1 cm³/mol. The minimum absolute atomic E-state index is 0.939. The Labute approximate surface area is 78.2 Å². The molecule has 0 saturated carbocycles. The van der Waals surface area contributed by atoms with Crippen molar-refractivity contribution in [3.63, 3.8) is 0 Å². The summed E-state index contributed by atoms with van der Waals surface area (Å²) in [7, 11) is 0. The van der Waals surface area contributed by atoms with Crippen molar-refractivity contribution in [2.24, 2.45) is 0 Å². The van der Waals surface area contributed by atoms with Gasteiger partial charge in [-0.25, -0.2) is 4.68 Å². The SMILES string of the molecule is Brc1cnccc1-n1cccn1. The van der Waals surface area contributed by atoms with Gasteiger partial charge in [0.1, 0.15) is 0 Å². The fourth-order valence-electron chi connectivity index (χ4n) is 0.965. The van der Waals surface area contributed by atoms with Gasteiger partial charge < -0.3 is 0 Å². The van der Waals surface area contributed by atoms with E-state index in [0.29, 0.717) is 0 Å². The van der Waals surface area contributed by atoms with E-state index < -0.39 is 0 Å². The molecule has 2 aromatic heterocycles. The highest BCUT2D eigenvalue weighted by atomic mass is 79.9. The van der Waals surface area contributed by atoms with Gasteiger partial charge in [0.2, 0.25) is 0 Å². The molecule has 0 bridgehead atoms. The van der Waals surface area contributed by atoms with Gasteiger partial charge >= 0.3 is 0 Å². The normalized spacial score (nSPS) is 10.1. The maximum atomic E-state index is 4.11. The highest BCUT2D eigenvalue weighted by Gasteiger charge is 1.99. The van der Waals surface area contributed by atoms with Crippen LogP contribution in [0.3, 0.4) is 0 Å². The Morgan fingerprint density at radius 3 is 2.92 bits per heavy atom. The fraction of sp³-hybridized carbons (Fsp3) is 0. The van der Waals surface area contributed by atoms with E-state index in [1.165, 1.54) is 0 Å². The quantitative estimate of drug-likeness (QED) is 0.741. The van der Waals surface area contributed by atoms with Gasteiger partial charge in [-0.05, 0) is 28.1 Å². The van der Waals surface area contributed by atoms with Crippen molar-refractivity contribution in [1.82, 2.24) is 14.8 Å². The molecule has 60 valence electrons. The van der Waals surface area contributed by atoms with Crippen LogP contribution in [0, 0.1) is 0 Å². The Hall–Kier alpha value is -1.16. The Kier molecular flexibility index (Phi) is 1.91. The summed E-state index contributed by atoms with van der Waals surface area (Å²) in [6.07, 6.45) is 7.12. The van der Waals surface area contributed by atoms with E-state index in [1.807, 2.05) is 18.3 Å². The molecule has 0 spiro atoms. The number of hydrogen-bond donors (Lipinski definition) is 0. The second-order valence-corrected chi connectivity index (χ2v) is 3.13. The van der Waals surface area contributed by atoms with Gasteiger partial charge in [-0.1, -0.05) is 0 Å². The number of pyridine rings is 1. The molecule has 0 aliphatic heterocycles. The van der Waals surface area contributed by atoms with Crippen molar-refractivity contribution >= 4 is 15.9 Å². The van der Waals surface area contributed by atoms with Gasteiger partial charge in [-0.2, -0.15) is 5.10 Å². The van der Waals surface area contributed by atoms with Gasteiger partial charge in [-0.3, -0.25) is 4.98 Å². The Balaban J connectivity index is 2.55. The highest BCUT2D eigenvalue weighted by molar-refractivity contribution is 9.10. The Bertz CT molecular complexity index is 370. The van der Waals surface area contributed by atoms with E-state index in [-0.39, 0.29) is 0 Å². The monoisotopic (exact) mass is 223 g/mol. The second kappa shape index (κ2) is 3.06. The highest BCUT2D eigenvalue weighted by Crippen LogP contribution is 2.17. The van der Waals surface area contributed by atoms with Crippen molar-refractivity contribution in [3.05, 3.63) is 41.4 Å². The van der Waals surface area contributed by atoms with Crippen molar-refractivity contribution in [1.29, 1.82) is 0 Å². The topological polar surface area (TPSA) is 30.7 Å². The first-order chi connectivity index (χ1) is 5.88. The average molecular weight is 224 g/mol. The van der Waals surface area contributed by atoms with Crippen LogP contribution in [0.2, 0.25) is 0 Å². The molecule has 12 heavy (non-hydrogen) atoms. The molecule has 0 amide bonds. The van der Waals surface area contributed by atoms with Crippen LogP contribution >= 0.6 is 15.9 Å². The molecule has 2 aromatic rings. The summed E-state index contributed by atoms with van der Waals surface area (Å²) in [5.74, 6) is 0. The van der Waals surface area contributed by atoms with Gasteiger partial charge in [0, 0.05) is 24.8 Å². The third-order valence-electron chi connectivity index (χ3n) is 1.50. The molecule has 3 nitrogen and oxygen atoms in total. The number of halogens is 1. The zero-order chi connectivity index (χ0) is 8.39. The standard InChI is InChI=1S/C8H6BrN3/c9-7-6-10-4-2-8(7)12-5-1-3-11-12/h1-6H. The summed E-state index contributed by atoms with van der Waals surface area (Å²) >= 11 is 3.39. The summed E-state index contributed by atoms with van der Waals surface area (Å²) in [6, 6.07) is 3.78. The van der Waals surface area contributed by atoms with Crippen molar-refractivity contribution in [2.75, 3.05) is 0 Å². The maximum absolute atomic E-state index is 4.11. The van der Waals surface area contributed by atoms with Crippen LogP contribution in [0.15, 0.2) is 41.4 Å². The van der Waals surface area contributed by atoms with Gasteiger partial charge in [-0.15, -0.1) is 0 Å². The number of hydrogen-bond acceptors (Lipinski definition) is 2. The van der Waals surface area contributed by atoms with E-state index in [1.54, 1.807) is 23.3 Å². The summed E-state index contributed by atoms with van der Waals surface area (Å²) in [4.78, 5) is 3.97. The zero-order valence-corrected chi connectivity index (χ0v) is 7.77. The first kappa shape index (κ1) is 7.49. The molecule has 4 heteroatoms. The summed E-state index contributed by atoms with van der Waals surface area (Å²) in [5, 5.41) is 4.11. The lowest BCUT2D eigenvalue weighted by atomic mass is 10.4. The van der Waals surface area contributed by atoms with Crippen LogP contribution in [-0.2, 0) is 0 Å². The van der Waals surface area contributed by atoms with Gasteiger partial charge in [0.15, 0.2) is 0 Å². The average Bonchev–Trinajstić information content (AvgIpc) is 2.57. The lowest BCUT2D eigenvalue weighted by molar-refractivity contribution is 0.873. The molecule has 0 N–H and O–H groups in total. The van der Waals surface area contributed by atoms with Crippen LogP contribution < -0.4 is 0 Å². The van der Waals surface area contributed by atoms with Crippen molar-refractivity contribution in [3.8, 4) is 5.69 Å². The first-order valence-electron chi connectivity index (χ1n) is 3.47. The largest absolute Gasteiger partial charge is 0.263 e. The van der Waals surface area contributed by atoms with Crippen LogP contribution in [0.1, 0.15) is 0 Å². The van der Waals surface area contributed by atoms with Crippen molar-refractivity contribution in [2.45, 2.75) is 0 Å². The third-order valence-corrected chi connectivity index (χ3v) is 2.11. The lowest BCUT2D eigenvalue weighted by Gasteiger charge is -2.01. The zero-order valence-electron chi connectivity index (χ0n) is 6.18. The molecule has 0 radical (unpaired) electrons. The maximum Gasteiger partial charge on any atom is 0.0818 e.